The summed E-state index contributed by atoms with van der Waals surface area (Å²) in [6.07, 6.45) is 7.81. The molecule has 0 amide bonds. The van der Waals surface area contributed by atoms with E-state index >= 15 is 0 Å². The average Bonchev–Trinajstić information content (AvgIpc) is 2.77. The Bertz CT molecular complexity index is 336. The predicted octanol–water partition coefficient (Wildman–Crippen LogP) is 0.712. The monoisotopic (exact) mass is 222 g/mol. The van der Waals surface area contributed by atoms with Crippen LogP contribution >= 0.6 is 0 Å². The molecule has 2 atom stereocenters. The van der Waals surface area contributed by atoms with Crippen LogP contribution in [-0.2, 0) is 4.74 Å². The van der Waals surface area contributed by atoms with Crippen LogP contribution in [0.4, 0.5) is 0 Å². The lowest BCUT2D eigenvalue weighted by Gasteiger charge is -2.30. The van der Waals surface area contributed by atoms with Crippen LogP contribution in [0.25, 0.3) is 0 Å². The van der Waals surface area contributed by atoms with Crippen molar-refractivity contribution in [2.75, 3.05) is 13.2 Å². The zero-order chi connectivity index (χ0) is 11.5. The normalized spacial score (nSPS) is 29.3. The second kappa shape index (κ2) is 4.72. The van der Waals surface area contributed by atoms with Gasteiger partial charge in [-0.05, 0) is 24.5 Å². The first kappa shape index (κ1) is 11.2. The number of nitrogens with two attached hydrogens (primary N) is 1. The molecule has 0 spiro atoms. The zero-order valence-electron chi connectivity index (χ0n) is 9.30. The maximum absolute atomic E-state index is 9.02. The molecule has 0 saturated carbocycles. The minimum absolute atomic E-state index is 0.0196. The van der Waals surface area contributed by atoms with E-state index in [1.54, 1.807) is 0 Å². The average molecular weight is 222 g/mol. The van der Waals surface area contributed by atoms with Crippen LogP contribution in [0.2, 0.25) is 0 Å². The third kappa shape index (κ3) is 2.28. The smallest absolute Gasteiger partial charge is 0.130 e. The van der Waals surface area contributed by atoms with Crippen molar-refractivity contribution in [2.45, 2.75) is 25.2 Å². The first-order valence-corrected chi connectivity index (χ1v) is 5.55. The number of aliphatic hydroxyl groups is 1. The summed E-state index contributed by atoms with van der Waals surface area (Å²) in [5, 5.41) is 9.02. The van der Waals surface area contributed by atoms with E-state index in [-0.39, 0.29) is 18.9 Å². The molecule has 1 saturated heterocycles. The van der Waals surface area contributed by atoms with Gasteiger partial charge in [0.25, 0.3) is 0 Å². The van der Waals surface area contributed by atoms with Gasteiger partial charge in [0.1, 0.15) is 6.23 Å². The van der Waals surface area contributed by atoms with Gasteiger partial charge in [0.15, 0.2) is 0 Å². The van der Waals surface area contributed by atoms with Gasteiger partial charge in [0, 0.05) is 18.4 Å². The number of allylic oxidation sites excluding steroid dienone is 2. The van der Waals surface area contributed by atoms with Crippen LogP contribution < -0.4 is 5.73 Å². The molecule has 0 bridgehead atoms. The van der Waals surface area contributed by atoms with Gasteiger partial charge in [-0.15, -0.1) is 0 Å². The summed E-state index contributed by atoms with van der Waals surface area (Å²) in [7, 11) is 0. The Kier molecular flexibility index (Phi) is 3.31. The molecule has 4 nitrogen and oxygen atoms in total. The molecule has 4 heteroatoms. The lowest BCUT2D eigenvalue weighted by Crippen LogP contribution is -2.34. The van der Waals surface area contributed by atoms with Gasteiger partial charge in [0.2, 0.25) is 0 Å². The van der Waals surface area contributed by atoms with E-state index in [1.165, 1.54) is 0 Å². The van der Waals surface area contributed by atoms with Gasteiger partial charge < -0.3 is 20.5 Å². The number of hydrogen-bond acceptors (Lipinski definition) is 4. The van der Waals surface area contributed by atoms with Gasteiger partial charge in [-0.25, -0.2) is 0 Å². The fourth-order valence-electron chi connectivity index (χ4n) is 2.04. The highest BCUT2D eigenvalue weighted by atomic mass is 16.5. The molecular weight excluding hydrogens is 204 g/mol. The summed E-state index contributed by atoms with van der Waals surface area (Å²) in [4.78, 5) is 2.10. The van der Waals surface area contributed by atoms with E-state index in [2.05, 4.69) is 11.5 Å². The lowest BCUT2D eigenvalue weighted by molar-refractivity contribution is -0.0476. The van der Waals surface area contributed by atoms with Crippen molar-refractivity contribution >= 4 is 0 Å². The second-order valence-electron chi connectivity index (χ2n) is 4.20. The summed E-state index contributed by atoms with van der Waals surface area (Å²) in [6.45, 7) is 4.57. The van der Waals surface area contributed by atoms with Crippen molar-refractivity contribution in [3.05, 3.63) is 36.2 Å². The molecule has 2 rings (SSSR count). The van der Waals surface area contributed by atoms with Crippen molar-refractivity contribution in [3.63, 3.8) is 0 Å². The van der Waals surface area contributed by atoms with Crippen molar-refractivity contribution in [2.24, 2.45) is 5.73 Å². The van der Waals surface area contributed by atoms with Crippen LogP contribution in [0, 0.1) is 0 Å². The first-order chi connectivity index (χ1) is 7.70. The zero-order valence-corrected chi connectivity index (χ0v) is 9.30. The van der Waals surface area contributed by atoms with Gasteiger partial charge in [0.05, 0.1) is 12.7 Å². The molecule has 3 N–H and O–H groups in total. The Balaban J connectivity index is 1.96. The van der Waals surface area contributed by atoms with Gasteiger partial charge in [-0.2, -0.15) is 0 Å². The lowest BCUT2D eigenvalue weighted by atomic mass is 10.1. The molecular formula is C12H18N2O2. The maximum Gasteiger partial charge on any atom is 0.130 e. The third-order valence-corrected chi connectivity index (χ3v) is 3.00. The van der Waals surface area contributed by atoms with Crippen LogP contribution in [0.1, 0.15) is 12.8 Å². The minimum atomic E-state index is -0.0196. The molecule has 2 heterocycles. The van der Waals surface area contributed by atoms with Crippen LogP contribution in [0.3, 0.4) is 0 Å². The van der Waals surface area contributed by atoms with Gasteiger partial charge in [-0.1, -0.05) is 12.7 Å². The Hall–Kier alpha value is -1.26. The van der Waals surface area contributed by atoms with E-state index in [1.807, 2.05) is 18.4 Å². The molecule has 16 heavy (non-hydrogen) atoms. The van der Waals surface area contributed by atoms with E-state index < -0.39 is 0 Å². The highest BCUT2D eigenvalue weighted by Crippen LogP contribution is 2.25. The molecule has 0 radical (unpaired) electrons. The Morgan fingerprint density at radius 2 is 2.44 bits per heavy atom. The number of hydrogen-bond donors (Lipinski definition) is 2. The number of rotatable bonds is 3. The molecule has 88 valence electrons. The number of ether oxygens (including phenoxy) is 1. The van der Waals surface area contributed by atoms with Crippen molar-refractivity contribution in [1.82, 2.24) is 4.90 Å². The largest absolute Gasteiger partial charge is 0.399 e. The molecule has 0 aliphatic carbocycles. The second-order valence-corrected chi connectivity index (χ2v) is 4.20. The summed E-state index contributed by atoms with van der Waals surface area (Å²) in [5.74, 6) is 0. The van der Waals surface area contributed by atoms with E-state index in [0.29, 0.717) is 5.70 Å². The molecule has 0 aromatic carbocycles. The molecule has 2 aliphatic rings. The standard InChI is InChI=1S/C12H18N2O2/c1-9(13)10-3-2-6-14(7-10)12-5-4-11(8-15)16-12/h2-3,6,11-12,15H,1,4-5,7-8,13H2/t11-,12+/m0/s1. The summed E-state index contributed by atoms with van der Waals surface area (Å²) < 4.78 is 5.71. The minimum Gasteiger partial charge on any atom is -0.399 e. The molecule has 0 aromatic heterocycles. The maximum atomic E-state index is 9.02. The van der Waals surface area contributed by atoms with Crippen molar-refractivity contribution in [1.29, 1.82) is 0 Å². The summed E-state index contributed by atoms with van der Waals surface area (Å²) in [5.41, 5.74) is 7.31. The highest BCUT2D eigenvalue weighted by Gasteiger charge is 2.29. The fraction of sp³-hybridized carbons (Fsp3) is 0.500. The van der Waals surface area contributed by atoms with Crippen LogP contribution in [0.15, 0.2) is 36.2 Å². The van der Waals surface area contributed by atoms with E-state index in [4.69, 9.17) is 15.6 Å². The first-order valence-electron chi connectivity index (χ1n) is 5.55. The fourth-order valence-corrected chi connectivity index (χ4v) is 2.04. The summed E-state index contributed by atoms with van der Waals surface area (Å²) in [6, 6.07) is 0. The summed E-state index contributed by atoms with van der Waals surface area (Å²) >= 11 is 0. The quantitative estimate of drug-likeness (QED) is 0.738. The van der Waals surface area contributed by atoms with E-state index in [0.717, 1.165) is 25.0 Å². The third-order valence-electron chi connectivity index (χ3n) is 3.00. The van der Waals surface area contributed by atoms with Crippen LogP contribution in [-0.4, -0.2) is 35.5 Å². The predicted molar refractivity (Wildman–Crippen MR) is 62.2 cm³/mol. The Morgan fingerprint density at radius 3 is 3.06 bits per heavy atom. The molecule has 1 fully saturated rings. The number of aliphatic hydroxyl groups excluding tert-OH is 1. The van der Waals surface area contributed by atoms with E-state index in [9.17, 15) is 0 Å². The Morgan fingerprint density at radius 1 is 1.62 bits per heavy atom. The van der Waals surface area contributed by atoms with Crippen LogP contribution in [0.5, 0.6) is 0 Å². The van der Waals surface area contributed by atoms with Gasteiger partial charge in [-0.3, -0.25) is 0 Å². The molecule has 2 aliphatic heterocycles. The van der Waals surface area contributed by atoms with Crippen molar-refractivity contribution in [3.8, 4) is 0 Å². The molecule has 0 aromatic rings. The van der Waals surface area contributed by atoms with Crippen molar-refractivity contribution < 1.29 is 9.84 Å². The highest BCUT2D eigenvalue weighted by molar-refractivity contribution is 5.33. The topological polar surface area (TPSA) is 58.7 Å². The SMILES string of the molecule is C=C(N)C1=CC=CN([C@H]2CC[C@@H](CO)O2)C1. The Labute approximate surface area is 95.7 Å². The molecule has 0 unspecified atom stereocenters. The van der Waals surface area contributed by atoms with Gasteiger partial charge >= 0.3 is 0 Å². The number of nitrogens with zero attached hydrogens (tertiary/aromatic N) is 1.